The molecule has 2 aromatic rings. The van der Waals surface area contributed by atoms with Crippen LogP contribution in [0.25, 0.3) is 0 Å². The molecule has 1 N–H and O–H groups in total. The van der Waals surface area contributed by atoms with Gasteiger partial charge in [0.1, 0.15) is 5.82 Å². The van der Waals surface area contributed by atoms with Crippen molar-refractivity contribution >= 4 is 38.9 Å². The van der Waals surface area contributed by atoms with Gasteiger partial charge in [-0.3, -0.25) is 9.69 Å². The van der Waals surface area contributed by atoms with Crippen molar-refractivity contribution in [1.82, 2.24) is 4.90 Å². The molecule has 1 aromatic heterocycles. The number of halogens is 3. The third kappa shape index (κ3) is 5.23. The molecule has 0 saturated carbocycles. The van der Waals surface area contributed by atoms with Gasteiger partial charge in [-0.15, -0.1) is 17.9 Å². The summed E-state index contributed by atoms with van der Waals surface area (Å²) in [4.78, 5) is 15.1. The molecule has 0 unspecified atom stereocenters. The number of rotatable bonds is 7. The van der Waals surface area contributed by atoms with Crippen LogP contribution in [0, 0.1) is 11.6 Å². The number of carbonyl (C=O) groups excluding carboxylic acids is 1. The standard InChI is InChI=1S/C16H15BrF2N2OS/c1-2-5-21(9-12-4-3-6-23-12)10-15(22)20-16-13(17)7-11(18)8-14(16)19/h2-4,6-8H,1,5,9-10H2,(H,20,22). The van der Waals surface area contributed by atoms with Gasteiger partial charge in [0.15, 0.2) is 5.82 Å². The van der Waals surface area contributed by atoms with Crippen molar-refractivity contribution in [2.75, 3.05) is 18.4 Å². The summed E-state index contributed by atoms with van der Waals surface area (Å²) in [5, 5.41) is 4.44. The minimum atomic E-state index is -0.821. The van der Waals surface area contributed by atoms with Gasteiger partial charge in [-0.05, 0) is 33.4 Å². The van der Waals surface area contributed by atoms with Crippen LogP contribution >= 0.6 is 27.3 Å². The fraction of sp³-hybridized carbons (Fsp3) is 0.188. The number of hydrogen-bond donors (Lipinski definition) is 1. The second kappa shape index (κ2) is 8.33. The van der Waals surface area contributed by atoms with Crippen molar-refractivity contribution in [3.63, 3.8) is 0 Å². The maximum Gasteiger partial charge on any atom is 0.238 e. The van der Waals surface area contributed by atoms with Crippen LogP contribution in [0.5, 0.6) is 0 Å². The Balaban J connectivity index is 2.03. The molecule has 0 radical (unpaired) electrons. The molecular formula is C16H15BrF2N2OS. The fourth-order valence-corrected chi connectivity index (χ4v) is 3.29. The first-order chi connectivity index (χ1) is 11.0. The molecule has 3 nitrogen and oxygen atoms in total. The number of anilines is 1. The van der Waals surface area contributed by atoms with Crippen LogP contribution in [0.15, 0.2) is 46.8 Å². The lowest BCUT2D eigenvalue weighted by Crippen LogP contribution is -2.33. The Labute approximate surface area is 145 Å². The predicted molar refractivity (Wildman–Crippen MR) is 92.5 cm³/mol. The van der Waals surface area contributed by atoms with E-state index < -0.39 is 11.6 Å². The number of benzene rings is 1. The lowest BCUT2D eigenvalue weighted by molar-refractivity contribution is -0.117. The topological polar surface area (TPSA) is 32.3 Å². The van der Waals surface area contributed by atoms with Crippen LogP contribution in [0.3, 0.4) is 0 Å². The van der Waals surface area contributed by atoms with Gasteiger partial charge in [0.05, 0.1) is 12.2 Å². The lowest BCUT2D eigenvalue weighted by Gasteiger charge is -2.19. The summed E-state index contributed by atoms with van der Waals surface area (Å²) in [6.45, 7) is 4.88. The summed E-state index contributed by atoms with van der Waals surface area (Å²) in [5.41, 5.74) is -0.0638. The van der Waals surface area contributed by atoms with Crippen LogP contribution in [-0.2, 0) is 11.3 Å². The van der Waals surface area contributed by atoms with E-state index in [1.54, 1.807) is 17.4 Å². The van der Waals surface area contributed by atoms with E-state index in [2.05, 4.69) is 27.8 Å². The number of nitrogens with zero attached hydrogens (tertiary/aromatic N) is 1. The maximum absolute atomic E-state index is 13.7. The van der Waals surface area contributed by atoms with Crippen LogP contribution in [0.1, 0.15) is 4.88 Å². The van der Waals surface area contributed by atoms with Crippen molar-refractivity contribution in [2.45, 2.75) is 6.54 Å². The number of amides is 1. The molecular weight excluding hydrogens is 386 g/mol. The predicted octanol–water partition coefficient (Wildman–Crippen LogP) is 4.42. The minimum absolute atomic E-state index is 0.0638. The van der Waals surface area contributed by atoms with Gasteiger partial charge in [0.25, 0.3) is 0 Å². The summed E-state index contributed by atoms with van der Waals surface area (Å²) in [6.07, 6.45) is 1.70. The Kier molecular flexibility index (Phi) is 6.44. The lowest BCUT2D eigenvalue weighted by atomic mass is 10.3. The zero-order chi connectivity index (χ0) is 16.8. The van der Waals surface area contributed by atoms with Gasteiger partial charge < -0.3 is 5.32 Å². The highest BCUT2D eigenvalue weighted by atomic mass is 79.9. The van der Waals surface area contributed by atoms with E-state index in [-0.39, 0.29) is 22.6 Å². The van der Waals surface area contributed by atoms with E-state index in [4.69, 9.17) is 0 Å². The molecule has 1 amide bonds. The van der Waals surface area contributed by atoms with E-state index in [1.165, 1.54) is 0 Å². The highest BCUT2D eigenvalue weighted by Gasteiger charge is 2.15. The number of hydrogen-bond acceptors (Lipinski definition) is 3. The largest absolute Gasteiger partial charge is 0.322 e. The van der Waals surface area contributed by atoms with E-state index in [9.17, 15) is 13.6 Å². The summed E-state index contributed by atoms with van der Waals surface area (Å²) in [7, 11) is 0. The molecule has 0 spiro atoms. The fourth-order valence-electron chi connectivity index (χ4n) is 2.03. The maximum atomic E-state index is 13.7. The van der Waals surface area contributed by atoms with Crippen molar-refractivity contribution in [2.24, 2.45) is 0 Å². The van der Waals surface area contributed by atoms with Crippen LogP contribution in [0.2, 0.25) is 0 Å². The molecule has 0 atom stereocenters. The first kappa shape index (κ1) is 17.8. The summed E-state index contributed by atoms with van der Waals surface area (Å²) in [6, 6.07) is 5.76. The van der Waals surface area contributed by atoms with Crippen molar-refractivity contribution in [3.05, 3.63) is 63.3 Å². The van der Waals surface area contributed by atoms with Crippen molar-refractivity contribution in [3.8, 4) is 0 Å². The number of carbonyl (C=O) groups is 1. The van der Waals surface area contributed by atoms with Gasteiger partial charge in [0, 0.05) is 28.5 Å². The molecule has 2 rings (SSSR count). The zero-order valence-corrected chi connectivity index (χ0v) is 14.6. The average Bonchev–Trinajstić information content (AvgIpc) is 2.96. The monoisotopic (exact) mass is 400 g/mol. The van der Waals surface area contributed by atoms with Crippen LogP contribution in [0.4, 0.5) is 14.5 Å². The molecule has 1 heterocycles. The van der Waals surface area contributed by atoms with Gasteiger partial charge in [-0.2, -0.15) is 0 Å². The van der Waals surface area contributed by atoms with Gasteiger partial charge in [-0.25, -0.2) is 8.78 Å². The van der Waals surface area contributed by atoms with E-state index in [1.807, 2.05) is 22.4 Å². The average molecular weight is 401 g/mol. The first-order valence-electron chi connectivity index (χ1n) is 6.79. The Morgan fingerprint density at radius 3 is 2.83 bits per heavy atom. The molecule has 0 fully saturated rings. The molecule has 7 heteroatoms. The molecule has 0 aliphatic rings. The Morgan fingerprint density at radius 2 is 2.22 bits per heavy atom. The normalized spacial score (nSPS) is 10.8. The van der Waals surface area contributed by atoms with Gasteiger partial charge in [0.2, 0.25) is 5.91 Å². The summed E-state index contributed by atoms with van der Waals surface area (Å²) >= 11 is 4.65. The van der Waals surface area contributed by atoms with E-state index in [0.29, 0.717) is 13.1 Å². The van der Waals surface area contributed by atoms with Crippen molar-refractivity contribution in [1.29, 1.82) is 0 Å². The Hall–Kier alpha value is -1.57. The third-order valence-electron chi connectivity index (χ3n) is 2.99. The number of nitrogens with one attached hydrogen (secondary N) is 1. The van der Waals surface area contributed by atoms with E-state index in [0.717, 1.165) is 17.0 Å². The molecule has 0 aliphatic heterocycles. The van der Waals surface area contributed by atoms with Gasteiger partial charge >= 0.3 is 0 Å². The van der Waals surface area contributed by atoms with E-state index >= 15 is 0 Å². The molecule has 23 heavy (non-hydrogen) atoms. The molecule has 0 saturated heterocycles. The van der Waals surface area contributed by atoms with Crippen LogP contribution < -0.4 is 5.32 Å². The zero-order valence-electron chi connectivity index (χ0n) is 12.2. The second-order valence-electron chi connectivity index (χ2n) is 4.83. The molecule has 0 bridgehead atoms. The highest BCUT2D eigenvalue weighted by molar-refractivity contribution is 9.10. The molecule has 0 aliphatic carbocycles. The molecule has 122 valence electrons. The summed E-state index contributed by atoms with van der Waals surface area (Å²) < 4.78 is 27.0. The Morgan fingerprint density at radius 1 is 1.43 bits per heavy atom. The first-order valence-corrected chi connectivity index (χ1v) is 8.47. The minimum Gasteiger partial charge on any atom is -0.322 e. The van der Waals surface area contributed by atoms with Gasteiger partial charge in [-0.1, -0.05) is 12.1 Å². The van der Waals surface area contributed by atoms with Crippen molar-refractivity contribution < 1.29 is 13.6 Å². The third-order valence-corrected chi connectivity index (χ3v) is 4.47. The smallest absolute Gasteiger partial charge is 0.238 e. The second-order valence-corrected chi connectivity index (χ2v) is 6.72. The summed E-state index contributed by atoms with van der Waals surface area (Å²) in [5.74, 6) is -1.91. The SMILES string of the molecule is C=CCN(CC(=O)Nc1c(F)cc(F)cc1Br)Cc1cccs1. The van der Waals surface area contributed by atoms with Crippen LogP contribution in [-0.4, -0.2) is 23.9 Å². The number of thiophene rings is 1. The molecule has 1 aromatic carbocycles. The highest BCUT2D eigenvalue weighted by Crippen LogP contribution is 2.26. The quantitative estimate of drug-likeness (QED) is 0.697. The Bertz CT molecular complexity index is 668.